The molecule has 1 heterocycles. The molecule has 0 unspecified atom stereocenters. The van der Waals surface area contributed by atoms with Crippen molar-refractivity contribution in [3.05, 3.63) is 41.0 Å². The van der Waals surface area contributed by atoms with Gasteiger partial charge in [0.05, 0.1) is 13.0 Å². The van der Waals surface area contributed by atoms with Crippen LogP contribution in [-0.4, -0.2) is 32.6 Å². The molecular weight excluding hydrogens is 379 g/mol. The van der Waals surface area contributed by atoms with Crippen molar-refractivity contribution < 1.29 is 23.8 Å². The van der Waals surface area contributed by atoms with Gasteiger partial charge in [-0.25, -0.2) is 14.0 Å². The number of ether oxygens (including phenoxy) is 1. The Morgan fingerprint density at radius 1 is 1.38 bits per heavy atom. The molecule has 0 bridgehead atoms. The molecule has 2 rings (SSSR count). The van der Waals surface area contributed by atoms with Crippen LogP contribution in [0.1, 0.15) is 46.2 Å². The summed E-state index contributed by atoms with van der Waals surface area (Å²) in [6.07, 6.45) is -1.08. The van der Waals surface area contributed by atoms with E-state index in [0.717, 1.165) is 6.07 Å². The molecule has 8 nitrogen and oxygen atoms in total. The molecule has 1 amide bonds. The number of hydrogen-bond acceptors (Lipinski definition) is 4. The molecule has 29 heavy (non-hydrogen) atoms. The summed E-state index contributed by atoms with van der Waals surface area (Å²) in [6, 6.07) is 3.72. The van der Waals surface area contributed by atoms with Crippen molar-refractivity contribution in [3.63, 3.8) is 0 Å². The molecule has 0 aliphatic carbocycles. The predicted molar refractivity (Wildman–Crippen MR) is 105 cm³/mol. The number of carboxylic acid groups (broad SMARTS) is 1. The van der Waals surface area contributed by atoms with Crippen molar-refractivity contribution in [2.24, 2.45) is 0 Å². The van der Waals surface area contributed by atoms with E-state index in [4.69, 9.17) is 16.4 Å². The fraction of sp³-hybridized carbons (Fsp3) is 0.400. The number of nitrogens with zero attached hydrogens (tertiary/aromatic N) is 3. The van der Waals surface area contributed by atoms with E-state index in [-0.39, 0.29) is 35.2 Å². The smallest absolute Gasteiger partial charge is 0.412 e. The lowest BCUT2D eigenvalue weighted by Gasteiger charge is -2.20. The molecule has 0 saturated carbocycles. The van der Waals surface area contributed by atoms with Crippen molar-refractivity contribution in [3.8, 4) is 11.3 Å². The highest BCUT2D eigenvalue weighted by Crippen LogP contribution is 2.39. The van der Waals surface area contributed by atoms with Crippen LogP contribution in [0.2, 0.25) is 0 Å². The third-order valence-corrected chi connectivity index (χ3v) is 3.75. The highest BCUT2D eigenvalue weighted by molar-refractivity contribution is 5.93. The Morgan fingerprint density at radius 2 is 2.03 bits per heavy atom. The fourth-order valence-electron chi connectivity index (χ4n) is 2.64. The minimum Gasteiger partial charge on any atom is -0.481 e. The number of aromatic nitrogens is 2. The van der Waals surface area contributed by atoms with Gasteiger partial charge in [-0.15, -0.1) is 0 Å². The maximum atomic E-state index is 14.7. The van der Waals surface area contributed by atoms with E-state index in [0.29, 0.717) is 5.56 Å². The molecule has 154 valence electrons. The zero-order valence-electron chi connectivity index (χ0n) is 16.9. The van der Waals surface area contributed by atoms with E-state index in [1.807, 2.05) is 0 Å². The summed E-state index contributed by atoms with van der Waals surface area (Å²) in [4.78, 5) is 26.5. The standard InChI is InChI=1S/C20H23FN4O4/c1-11(2)25-18(23-19(28)29-20(3,4)5)17(22-6)16(24-25)13-8-7-12(9-14(13)21)10-15(26)27/h7-9,11H,10H2,1-5H3,(H,23,28)(H,26,27). The van der Waals surface area contributed by atoms with Crippen LogP contribution in [0.25, 0.3) is 16.1 Å². The lowest BCUT2D eigenvalue weighted by Crippen LogP contribution is -2.28. The summed E-state index contributed by atoms with van der Waals surface area (Å²) >= 11 is 0. The van der Waals surface area contributed by atoms with Gasteiger partial charge in [-0.05, 0) is 46.2 Å². The number of amides is 1. The number of carbonyl (C=O) groups is 2. The maximum Gasteiger partial charge on any atom is 0.412 e. The van der Waals surface area contributed by atoms with Crippen LogP contribution in [0.3, 0.4) is 0 Å². The first-order valence-electron chi connectivity index (χ1n) is 8.93. The number of hydrogen-bond donors (Lipinski definition) is 2. The molecule has 0 aliphatic heterocycles. The van der Waals surface area contributed by atoms with Gasteiger partial charge in [0.1, 0.15) is 22.9 Å². The van der Waals surface area contributed by atoms with Gasteiger partial charge in [-0.1, -0.05) is 12.1 Å². The van der Waals surface area contributed by atoms with Crippen LogP contribution in [0, 0.1) is 12.4 Å². The van der Waals surface area contributed by atoms with Gasteiger partial charge in [0, 0.05) is 11.6 Å². The van der Waals surface area contributed by atoms with Gasteiger partial charge < -0.3 is 9.84 Å². The summed E-state index contributed by atoms with van der Waals surface area (Å²) in [5.41, 5.74) is -0.385. The zero-order chi connectivity index (χ0) is 21.9. The molecular formula is C20H23FN4O4. The van der Waals surface area contributed by atoms with E-state index in [1.165, 1.54) is 16.8 Å². The first-order chi connectivity index (χ1) is 13.4. The van der Waals surface area contributed by atoms with Crippen LogP contribution in [0.4, 0.5) is 20.7 Å². The number of halogens is 1. The van der Waals surface area contributed by atoms with Gasteiger partial charge in [-0.3, -0.25) is 14.8 Å². The van der Waals surface area contributed by atoms with Gasteiger partial charge in [0.15, 0.2) is 0 Å². The SMILES string of the molecule is [C-]#[N+]c1c(-c2ccc(CC(=O)O)cc2F)nn(C(C)C)c1NC(=O)OC(C)(C)C. The van der Waals surface area contributed by atoms with E-state index >= 15 is 0 Å². The zero-order valence-corrected chi connectivity index (χ0v) is 16.9. The largest absolute Gasteiger partial charge is 0.481 e. The van der Waals surface area contributed by atoms with Gasteiger partial charge in [-0.2, -0.15) is 5.10 Å². The number of rotatable bonds is 5. The van der Waals surface area contributed by atoms with E-state index in [2.05, 4.69) is 15.3 Å². The number of carboxylic acids is 1. The molecule has 0 radical (unpaired) electrons. The second kappa shape index (κ2) is 8.31. The number of aliphatic carboxylic acids is 1. The molecule has 2 N–H and O–H groups in total. The highest BCUT2D eigenvalue weighted by atomic mass is 19.1. The van der Waals surface area contributed by atoms with Crippen LogP contribution in [0.15, 0.2) is 18.2 Å². The quantitative estimate of drug-likeness (QED) is 0.701. The Kier molecular flexibility index (Phi) is 6.27. The summed E-state index contributed by atoms with van der Waals surface area (Å²) in [5, 5.41) is 15.7. The number of benzene rings is 1. The number of carbonyl (C=O) groups excluding carboxylic acids is 1. The first kappa shape index (κ1) is 21.9. The fourth-order valence-corrected chi connectivity index (χ4v) is 2.64. The summed E-state index contributed by atoms with van der Waals surface area (Å²) in [7, 11) is 0. The number of nitrogens with one attached hydrogen (secondary N) is 1. The molecule has 1 aromatic heterocycles. The summed E-state index contributed by atoms with van der Waals surface area (Å²) < 4.78 is 21.3. The van der Waals surface area contributed by atoms with Crippen LogP contribution in [0.5, 0.6) is 0 Å². The Bertz CT molecular complexity index is 984. The second-order valence-electron chi connectivity index (χ2n) is 7.71. The molecule has 0 aliphatic rings. The van der Waals surface area contributed by atoms with Crippen molar-refractivity contribution in [2.45, 2.75) is 52.7 Å². The Balaban J connectivity index is 2.53. The van der Waals surface area contributed by atoms with Crippen LogP contribution >= 0.6 is 0 Å². The molecule has 9 heteroatoms. The first-order valence-corrected chi connectivity index (χ1v) is 8.93. The normalized spacial score (nSPS) is 11.2. The average molecular weight is 402 g/mol. The van der Waals surface area contributed by atoms with Gasteiger partial charge >= 0.3 is 12.1 Å². The lowest BCUT2D eigenvalue weighted by atomic mass is 10.1. The van der Waals surface area contributed by atoms with Crippen LogP contribution in [-0.2, 0) is 16.0 Å². The Morgan fingerprint density at radius 3 is 2.52 bits per heavy atom. The monoisotopic (exact) mass is 402 g/mol. The minimum atomic E-state index is -1.08. The molecule has 0 atom stereocenters. The third kappa shape index (κ3) is 5.31. The van der Waals surface area contributed by atoms with Crippen LogP contribution < -0.4 is 5.32 Å². The van der Waals surface area contributed by atoms with Gasteiger partial charge in [0.2, 0.25) is 0 Å². The molecule has 0 fully saturated rings. The molecule has 2 aromatic rings. The topological polar surface area (TPSA) is 97.8 Å². The van der Waals surface area contributed by atoms with Crippen molar-refractivity contribution in [2.75, 3.05) is 5.32 Å². The molecule has 0 saturated heterocycles. The lowest BCUT2D eigenvalue weighted by molar-refractivity contribution is -0.136. The van der Waals surface area contributed by atoms with Gasteiger partial charge in [0.25, 0.3) is 5.69 Å². The minimum absolute atomic E-state index is 0.0329. The predicted octanol–water partition coefficient (Wildman–Crippen LogP) is 4.79. The Hall–Kier alpha value is -3.41. The number of anilines is 1. The van der Waals surface area contributed by atoms with E-state index in [1.54, 1.807) is 34.6 Å². The average Bonchev–Trinajstić information content (AvgIpc) is 2.90. The van der Waals surface area contributed by atoms with Crippen molar-refractivity contribution in [1.29, 1.82) is 0 Å². The van der Waals surface area contributed by atoms with Crippen molar-refractivity contribution >= 4 is 23.6 Å². The van der Waals surface area contributed by atoms with E-state index < -0.39 is 23.5 Å². The second-order valence-corrected chi connectivity index (χ2v) is 7.71. The summed E-state index contributed by atoms with van der Waals surface area (Å²) in [5.74, 6) is -1.67. The Labute approximate surface area is 168 Å². The molecule has 1 aromatic carbocycles. The highest BCUT2D eigenvalue weighted by Gasteiger charge is 2.26. The van der Waals surface area contributed by atoms with E-state index in [9.17, 15) is 14.0 Å². The molecule has 0 spiro atoms. The van der Waals surface area contributed by atoms with Crippen molar-refractivity contribution in [1.82, 2.24) is 9.78 Å². The third-order valence-electron chi connectivity index (χ3n) is 3.75. The summed E-state index contributed by atoms with van der Waals surface area (Å²) in [6.45, 7) is 16.3. The maximum absolute atomic E-state index is 14.7.